The molecule has 2 heterocycles. The van der Waals surface area contributed by atoms with E-state index < -0.39 is 0 Å². The number of pyridine rings is 1. The number of nitrogens with one attached hydrogen (secondary N) is 2. The Labute approximate surface area is 223 Å². The molecule has 3 aromatic rings. The summed E-state index contributed by atoms with van der Waals surface area (Å²) in [5.41, 5.74) is 5.34. The number of hydroxylamine groups is 1. The fraction of sp³-hybridized carbons (Fsp3) is 0.414. The Morgan fingerprint density at radius 3 is 2.53 bits per heavy atom. The Hall–Kier alpha value is -3.53. The van der Waals surface area contributed by atoms with E-state index in [9.17, 15) is 9.59 Å². The van der Waals surface area contributed by atoms with Crippen LogP contribution in [0.2, 0.25) is 0 Å². The fourth-order valence-corrected chi connectivity index (χ4v) is 4.94. The zero-order valence-electron chi connectivity index (χ0n) is 22.3. The van der Waals surface area contributed by atoms with Crippen LogP contribution in [0.25, 0.3) is 10.9 Å². The smallest absolute Gasteiger partial charge is 0.260 e. The molecule has 9 nitrogen and oxygen atoms in total. The summed E-state index contributed by atoms with van der Waals surface area (Å²) in [5.74, 6) is 0.186. The number of nitrogens with zero attached hydrogens (tertiary/aromatic N) is 3. The van der Waals surface area contributed by atoms with Gasteiger partial charge >= 0.3 is 0 Å². The van der Waals surface area contributed by atoms with Gasteiger partial charge in [-0.05, 0) is 83.2 Å². The SMILES string of the molecule is Cc1cc(COc2ccc(C(=O)NC3CCN(C(CCN(C)C)C(=O)NO)CC3)cc2)c2ccccc2n1. The van der Waals surface area contributed by atoms with E-state index in [0.29, 0.717) is 37.4 Å². The summed E-state index contributed by atoms with van der Waals surface area (Å²) in [6, 6.07) is 16.9. The molecule has 4 rings (SSSR count). The van der Waals surface area contributed by atoms with Gasteiger partial charge in [-0.25, -0.2) is 5.48 Å². The lowest BCUT2D eigenvalue weighted by Gasteiger charge is -2.37. The Kier molecular flexibility index (Phi) is 9.28. The summed E-state index contributed by atoms with van der Waals surface area (Å²) in [4.78, 5) is 33.7. The van der Waals surface area contributed by atoms with Crippen LogP contribution in [-0.4, -0.2) is 77.6 Å². The van der Waals surface area contributed by atoms with E-state index in [2.05, 4.69) is 15.2 Å². The van der Waals surface area contributed by atoms with Crippen LogP contribution in [0.1, 0.15) is 40.9 Å². The number of benzene rings is 2. The molecule has 1 fully saturated rings. The van der Waals surface area contributed by atoms with Crippen LogP contribution in [-0.2, 0) is 11.4 Å². The van der Waals surface area contributed by atoms with E-state index in [4.69, 9.17) is 9.94 Å². The highest BCUT2D eigenvalue weighted by atomic mass is 16.5. The number of carbonyl (C=O) groups excluding carboxylic acids is 2. The number of ether oxygens (including phenoxy) is 1. The van der Waals surface area contributed by atoms with E-state index in [0.717, 1.165) is 41.5 Å². The predicted molar refractivity (Wildman–Crippen MR) is 146 cm³/mol. The molecule has 2 amide bonds. The monoisotopic (exact) mass is 519 g/mol. The maximum atomic E-state index is 12.9. The summed E-state index contributed by atoms with van der Waals surface area (Å²) in [6.07, 6.45) is 2.11. The van der Waals surface area contributed by atoms with Gasteiger partial charge in [0.25, 0.3) is 11.8 Å². The molecule has 9 heteroatoms. The number of hydrogen-bond donors (Lipinski definition) is 3. The van der Waals surface area contributed by atoms with Gasteiger partial charge in [-0.15, -0.1) is 0 Å². The third kappa shape index (κ3) is 7.06. The second-order valence-electron chi connectivity index (χ2n) is 10.1. The van der Waals surface area contributed by atoms with Crippen LogP contribution < -0.4 is 15.5 Å². The molecule has 0 aliphatic carbocycles. The molecule has 0 spiro atoms. The van der Waals surface area contributed by atoms with Gasteiger partial charge in [0, 0.05) is 41.3 Å². The summed E-state index contributed by atoms with van der Waals surface area (Å²) in [6.45, 7) is 4.48. The number of hydrogen-bond acceptors (Lipinski definition) is 7. The summed E-state index contributed by atoms with van der Waals surface area (Å²) in [7, 11) is 3.91. The predicted octanol–water partition coefficient (Wildman–Crippen LogP) is 3.14. The quantitative estimate of drug-likeness (QED) is 0.279. The van der Waals surface area contributed by atoms with E-state index in [1.165, 1.54) is 0 Å². The van der Waals surface area contributed by atoms with E-state index in [1.54, 1.807) is 17.6 Å². The summed E-state index contributed by atoms with van der Waals surface area (Å²) >= 11 is 0. The van der Waals surface area contributed by atoms with E-state index in [1.807, 2.05) is 68.4 Å². The lowest BCUT2D eigenvalue weighted by molar-refractivity contribution is -0.135. The van der Waals surface area contributed by atoms with E-state index in [-0.39, 0.29) is 23.9 Å². The molecule has 0 radical (unpaired) electrons. The topological polar surface area (TPSA) is 107 Å². The van der Waals surface area contributed by atoms with Gasteiger partial charge in [-0.1, -0.05) is 18.2 Å². The van der Waals surface area contributed by atoms with Crippen LogP contribution in [0, 0.1) is 6.92 Å². The standard InChI is InChI=1S/C29H37N5O4/c1-20-18-22(25-6-4-5-7-26(25)30-20)19-38-24-10-8-21(9-11-24)28(35)31-23-12-16-34(17-13-23)27(29(36)32-37)14-15-33(2)3/h4-11,18,23,27,37H,12-17,19H2,1-3H3,(H,31,35)(H,32,36). The van der Waals surface area contributed by atoms with Gasteiger partial charge < -0.3 is 15.0 Å². The molecule has 1 aliphatic rings. The van der Waals surface area contributed by atoms with Crippen molar-refractivity contribution in [3.63, 3.8) is 0 Å². The molecule has 1 aliphatic heterocycles. The van der Waals surface area contributed by atoms with Crippen molar-refractivity contribution in [2.45, 2.75) is 44.9 Å². The molecule has 2 aromatic carbocycles. The largest absolute Gasteiger partial charge is 0.489 e. The molecule has 1 saturated heterocycles. The minimum absolute atomic E-state index is 0.0320. The van der Waals surface area contributed by atoms with Crippen LogP contribution in [0.15, 0.2) is 54.6 Å². The molecule has 38 heavy (non-hydrogen) atoms. The van der Waals surface area contributed by atoms with Crippen molar-refractivity contribution in [1.82, 2.24) is 25.6 Å². The average Bonchev–Trinajstić information content (AvgIpc) is 2.92. The Balaban J connectivity index is 1.28. The number of likely N-dealkylation sites (tertiary alicyclic amines) is 1. The minimum Gasteiger partial charge on any atom is -0.489 e. The lowest BCUT2D eigenvalue weighted by atomic mass is 10.0. The number of fused-ring (bicyclic) bond motifs is 1. The normalized spacial score (nSPS) is 15.4. The van der Waals surface area contributed by atoms with Crippen molar-refractivity contribution in [3.05, 3.63) is 71.4 Å². The zero-order chi connectivity index (χ0) is 27.1. The van der Waals surface area contributed by atoms with Gasteiger partial charge in [-0.3, -0.25) is 24.7 Å². The Morgan fingerprint density at radius 1 is 1.13 bits per heavy atom. The third-order valence-electron chi connectivity index (χ3n) is 7.01. The van der Waals surface area contributed by atoms with Crippen molar-refractivity contribution < 1.29 is 19.5 Å². The number of amides is 2. The third-order valence-corrected chi connectivity index (χ3v) is 7.01. The summed E-state index contributed by atoms with van der Waals surface area (Å²) in [5, 5.41) is 13.3. The molecule has 1 atom stereocenters. The molecular formula is C29H37N5O4. The highest BCUT2D eigenvalue weighted by Gasteiger charge is 2.30. The lowest BCUT2D eigenvalue weighted by Crippen LogP contribution is -2.53. The Bertz CT molecular complexity index is 1240. The number of aryl methyl sites for hydroxylation is 1. The van der Waals surface area contributed by atoms with Gasteiger partial charge in [-0.2, -0.15) is 0 Å². The molecule has 1 unspecified atom stereocenters. The number of para-hydroxylation sites is 1. The fourth-order valence-electron chi connectivity index (χ4n) is 4.94. The van der Waals surface area contributed by atoms with Gasteiger partial charge in [0.2, 0.25) is 0 Å². The average molecular weight is 520 g/mol. The van der Waals surface area contributed by atoms with Gasteiger partial charge in [0.05, 0.1) is 11.6 Å². The first-order valence-electron chi connectivity index (χ1n) is 13.1. The highest BCUT2D eigenvalue weighted by molar-refractivity contribution is 5.94. The molecule has 202 valence electrons. The maximum Gasteiger partial charge on any atom is 0.260 e. The first-order chi connectivity index (χ1) is 18.3. The van der Waals surface area contributed by atoms with Crippen LogP contribution in [0.5, 0.6) is 5.75 Å². The molecule has 0 saturated carbocycles. The Morgan fingerprint density at radius 2 is 1.84 bits per heavy atom. The number of piperidine rings is 1. The molecule has 3 N–H and O–H groups in total. The second kappa shape index (κ2) is 12.8. The van der Waals surface area contributed by atoms with E-state index >= 15 is 0 Å². The van der Waals surface area contributed by atoms with Crippen molar-refractivity contribution in [2.24, 2.45) is 0 Å². The zero-order valence-corrected chi connectivity index (χ0v) is 22.3. The van der Waals surface area contributed by atoms with Crippen LogP contribution in [0.4, 0.5) is 0 Å². The summed E-state index contributed by atoms with van der Waals surface area (Å²) < 4.78 is 6.02. The van der Waals surface area contributed by atoms with Crippen LogP contribution >= 0.6 is 0 Å². The first kappa shape index (κ1) is 27.5. The maximum absolute atomic E-state index is 12.9. The van der Waals surface area contributed by atoms with Crippen molar-refractivity contribution in [3.8, 4) is 5.75 Å². The number of carbonyl (C=O) groups is 2. The first-order valence-corrected chi connectivity index (χ1v) is 13.1. The van der Waals surface area contributed by atoms with Gasteiger partial charge in [0.15, 0.2) is 0 Å². The number of aromatic nitrogens is 1. The molecule has 0 bridgehead atoms. The second-order valence-corrected chi connectivity index (χ2v) is 10.1. The van der Waals surface area contributed by atoms with Gasteiger partial charge in [0.1, 0.15) is 12.4 Å². The van der Waals surface area contributed by atoms with Crippen molar-refractivity contribution >= 4 is 22.7 Å². The minimum atomic E-state index is -0.388. The molecule has 1 aromatic heterocycles. The number of rotatable bonds is 10. The highest BCUT2D eigenvalue weighted by Crippen LogP contribution is 2.21. The van der Waals surface area contributed by atoms with Crippen molar-refractivity contribution in [1.29, 1.82) is 0 Å². The molecular weight excluding hydrogens is 482 g/mol. The van der Waals surface area contributed by atoms with Crippen LogP contribution in [0.3, 0.4) is 0 Å². The van der Waals surface area contributed by atoms with Crippen molar-refractivity contribution in [2.75, 3.05) is 33.7 Å².